The Balaban J connectivity index is 1.60. The molecule has 0 aromatic carbocycles. The molecule has 2 rings (SSSR count). The lowest BCUT2D eigenvalue weighted by Crippen LogP contribution is -2.64. The van der Waals surface area contributed by atoms with Gasteiger partial charge in [-0.3, -0.25) is 9.35 Å². The molecule has 11 atom stereocenters. The van der Waals surface area contributed by atoms with Crippen molar-refractivity contribution in [2.45, 2.75) is 158 Å². The average molecular weight is 730 g/mol. The fourth-order valence-corrected chi connectivity index (χ4v) is 6.07. The standard InChI is InChI=1S/C32H59NO15S/c1-21(15-13-11-9-7-5-3-2-4-6-8-10-12-14-16-24(36)33-17-18-49(42,43)44)45-32-30(28(40)26(38)23(20-35)47-32)48-31-29(41)27(39)25(37)22(19-34)46-31/h2-3,21-23,25-32,34-35,37-41H,4-20H2,1H3,(H,33,36)(H,42,43,44)/b3-2-. The number of carbonyl (C=O) groups excluding carboxylic acids is 1. The third kappa shape index (κ3) is 16.3. The third-order valence-corrected chi connectivity index (χ3v) is 9.41. The van der Waals surface area contributed by atoms with Crippen molar-refractivity contribution < 1.29 is 72.5 Å². The molecule has 16 nitrogen and oxygen atoms in total. The second-order valence-electron chi connectivity index (χ2n) is 12.9. The molecule has 0 aromatic rings. The van der Waals surface area contributed by atoms with Crippen LogP contribution in [0.3, 0.4) is 0 Å². The van der Waals surface area contributed by atoms with E-state index in [2.05, 4.69) is 17.5 Å². The molecule has 11 unspecified atom stereocenters. The van der Waals surface area contributed by atoms with Crippen molar-refractivity contribution in [2.24, 2.45) is 0 Å². The van der Waals surface area contributed by atoms with Crippen LogP contribution in [0.2, 0.25) is 0 Å². The molecule has 0 aliphatic carbocycles. The van der Waals surface area contributed by atoms with Gasteiger partial charge in [-0.25, -0.2) is 0 Å². The molecule has 0 saturated carbocycles. The van der Waals surface area contributed by atoms with Crippen LogP contribution in [0.25, 0.3) is 0 Å². The summed E-state index contributed by atoms with van der Waals surface area (Å²) in [6, 6.07) is 0. The fraction of sp³-hybridized carbons (Fsp3) is 0.906. The lowest BCUT2D eigenvalue weighted by atomic mass is 9.97. The summed E-state index contributed by atoms with van der Waals surface area (Å²) in [6.45, 7) is 0.468. The van der Waals surface area contributed by atoms with Crippen molar-refractivity contribution in [3.8, 4) is 0 Å². The molecule has 0 spiro atoms. The van der Waals surface area contributed by atoms with Crippen LogP contribution in [0.1, 0.15) is 90.4 Å². The third-order valence-electron chi connectivity index (χ3n) is 8.69. The topological polar surface area (TPSA) is 262 Å². The van der Waals surface area contributed by atoms with Gasteiger partial charge in [-0.1, -0.05) is 50.7 Å². The smallest absolute Gasteiger partial charge is 0.266 e. The summed E-state index contributed by atoms with van der Waals surface area (Å²) in [5.41, 5.74) is 0. The number of unbranched alkanes of at least 4 members (excludes halogenated alkanes) is 9. The van der Waals surface area contributed by atoms with E-state index in [1.165, 1.54) is 0 Å². The van der Waals surface area contributed by atoms with Gasteiger partial charge in [-0.2, -0.15) is 8.42 Å². The number of amides is 1. The van der Waals surface area contributed by atoms with Crippen LogP contribution in [0, 0.1) is 0 Å². The number of hydrogen-bond acceptors (Lipinski definition) is 14. The predicted octanol–water partition coefficient (Wildman–Crippen LogP) is -0.353. The molecule has 2 aliphatic heterocycles. The van der Waals surface area contributed by atoms with Gasteiger partial charge in [-0.05, 0) is 45.4 Å². The van der Waals surface area contributed by atoms with Crippen molar-refractivity contribution in [2.75, 3.05) is 25.5 Å². The Bertz CT molecular complexity index is 1050. The molecule has 288 valence electrons. The largest absolute Gasteiger partial charge is 0.394 e. The average Bonchev–Trinajstić information content (AvgIpc) is 3.05. The van der Waals surface area contributed by atoms with Gasteiger partial charge in [0.05, 0.1) is 25.1 Å². The first-order valence-corrected chi connectivity index (χ1v) is 19.0. The number of aliphatic hydroxyl groups is 7. The molecule has 0 aromatic heterocycles. The quantitative estimate of drug-likeness (QED) is 0.0349. The molecule has 2 aliphatic rings. The Morgan fingerprint density at radius 1 is 0.755 bits per heavy atom. The highest BCUT2D eigenvalue weighted by Gasteiger charge is 2.51. The summed E-state index contributed by atoms with van der Waals surface area (Å²) < 4.78 is 52.7. The molecule has 2 heterocycles. The summed E-state index contributed by atoms with van der Waals surface area (Å²) in [4.78, 5) is 11.6. The molecule has 1 amide bonds. The van der Waals surface area contributed by atoms with Gasteiger partial charge in [0.15, 0.2) is 12.6 Å². The first-order chi connectivity index (χ1) is 23.3. The van der Waals surface area contributed by atoms with Crippen molar-refractivity contribution in [1.82, 2.24) is 5.32 Å². The Morgan fingerprint density at radius 2 is 1.29 bits per heavy atom. The minimum atomic E-state index is -4.06. The summed E-state index contributed by atoms with van der Waals surface area (Å²) in [6.07, 6.45) is 0.940. The van der Waals surface area contributed by atoms with Crippen LogP contribution in [0.15, 0.2) is 12.2 Å². The molecule has 2 saturated heterocycles. The van der Waals surface area contributed by atoms with E-state index in [4.69, 9.17) is 23.5 Å². The van der Waals surface area contributed by atoms with Crippen molar-refractivity contribution in [3.05, 3.63) is 12.2 Å². The SMILES string of the molecule is CC(CCCCCC/C=C\CCCCCCCC(=O)NCCS(=O)(=O)O)OC1OC(CO)C(O)C(O)C1OC1OC(CO)C(O)C(O)C1O. The highest BCUT2D eigenvalue weighted by Crippen LogP contribution is 2.30. The number of aliphatic hydroxyl groups excluding tert-OH is 7. The number of nitrogens with one attached hydrogen (secondary N) is 1. The van der Waals surface area contributed by atoms with Crippen LogP contribution in [0.4, 0.5) is 0 Å². The maximum absolute atomic E-state index is 11.6. The number of ether oxygens (including phenoxy) is 4. The summed E-state index contributed by atoms with van der Waals surface area (Å²) in [5.74, 6) is -0.690. The van der Waals surface area contributed by atoms with E-state index in [1.807, 2.05) is 6.92 Å². The summed E-state index contributed by atoms with van der Waals surface area (Å²) >= 11 is 0. The molecular weight excluding hydrogens is 670 g/mol. The second-order valence-corrected chi connectivity index (χ2v) is 14.4. The first kappa shape index (κ1) is 43.8. The second kappa shape index (κ2) is 23.3. The Hall–Kier alpha value is -1.32. The van der Waals surface area contributed by atoms with Gasteiger partial charge in [0.1, 0.15) is 48.8 Å². The van der Waals surface area contributed by atoms with Crippen LogP contribution >= 0.6 is 0 Å². The molecule has 2 fully saturated rings. The predicted molar refractivity (Wildman–Crippen MR) is 176 cm³/mol. The molecule has 49 heavy (non-hydrogen) atoms. The van der Waals surface area contributed by atoms with E-state index in [0.29, 0.717) is 12.8 Å². The van der Waals surface area contributed by atoms with Crippen LogP contribution in [-0.4, -0.2) is 148 Å². The Morgan fingerprint density at radius 3 is 1.88 bits per heavy atom. The zero-order valence-corrected chi connectivity index (χ0v) is 29.2. The van der Waals surface area contributed by atoms with Gasteiger partial charge in [0.25, 0.3) is 10.1 Å². The lowest BCUT2D eigenvalue weighted by Gasteiger charge is -2.46. The lowest BCUT2D eigenvalue weighted by molar-refractivity contribution is -0.371. The van der Waals surface area contributed by atoms with E-state index in [-0.39, 0.29) is 18.6 Å². The fourth-order valence-electron chi connectivity index (χ4n) is 5.71. The van der Waals surface area contributed by atoms with Gasteiger partial charge < -0.3 is 60.0 Å². The molecule has 17 heteroatoms. The highest BCUT2D eigenvalue weighted by atomic mass is 32.2. The monoisotopic (exact) mass is 729 g/mol. The van der Waals surface area contributed by atoms with Crippen molar-refractivity contribution in [1.29, 1.82) is 0 Å². The van der Waals surface area contributed by atoms with E-state index in [9.17, 15) is 49.0 Å². The normalized spacial score (nSPS) is 31.6. The van der Waals surface area contributed by atoms with Crippen molar-refractivity contribution in [3.63, 3.8) is 0 Å². The van der Waals surface area contributed by atoms with E-state index < -0.39 is 90.5 Å². The zero-order chi connectivity index (χ0) is 36.4. The molecule has 0 radical (unpaired) electrons. The number of hydrogen-bond donors (Lipinski definition) is 9. The van der Waals surface area contributed by atoms with Crippen LogP contribution in [-0.2, 0) is 33.9 Å². The highest BCUT2D eigenvalue weighted by molar-refractivity contribution is 7.85. The van der Waals surface area contributed by atoms with Gasteiger partial charge in [0.2, 0.25) is 5.91 Å². The maximum atomic E-state index is 11.6. The van der Waals surface area contributed by atoms with E-state index >= 15 is 0 Å². The Labute approximate surface area is 289 Å². The Kier molecular flexibility index (Phi) is 20.8. The number of rotatable bonds is 24. The van der Waals surface area contributed by atoms with E-state index in [0.717, 1.165) is 70.6 Å². The van der Waals surface area contributed by atoms with Gasteiger partial charge in [0, 0.05) is 13.0 Å². The molecule has 9 N–H and O–H groups in total. The van der Waals surface area contributed by atoms with Crippen LogP contribution < -0.4 is 5.32 Å². The number of allylic oxidation sites excluding steroid dienone is 2. The van der Waals surface area contributed by atoms with Gasteiger partial charge in [-0.15, -0.1) is 0 Å². The van der Waals surface area contributed by atoms with E-state index in [1.54, 1.807) is 0 Å². The minimum absolute atomic E-state index is 0.0843. The number of carbonyl (C=O) groups is 1. The summed E-state index contributed by atoms with van der Waals surface area (Å²) in [7, 11) is -4.06. The minimum Gasteiger partial charge on any atom is -0.394 e. The molecule has 0 bridgehead atoms. The molecular formula is C32H59NO15S. The first-order valence-electron chi connectivity index (χ1n) is 17.4. The van der Waals surface area contributed by atoms with Crippen LogP contribution in [0.5, 0.6) is 0 Å². The maximum Gasteiger partial charge on any atom is 0.266 e. The van der Waals surface area contributed by atoms with Gasteiger partial charge >= 0.3 is 0 Å². The zero-order valence-electron chi connectivity index (χ0n) is 28.4. The summed E-state index contributed by atoms with van der Waals surface area (Å²) in [5, 5.41) is 73.3. The van der Waals surface area contributed by atoms with Crippen molar-refractivity contribution >= 4 is 16.0 Å².